The summed E-state index contributed by atoms with van der Waals surface area (Å²) in [6.45, 7) is 8.15. The lowest BCUT2D eigenvalue weighted by atomic mass is 10.1. The first kappa shape index (κ1) is 22.9. The van der Waals surface area contributed by atoms with E-state index in [0.29, 0.717) is 23.0 Å². The van der Waals surface area contributed by atoms with Crippen LogP contribution in [-0.4, -0.2) is 60.9 Å². The maximum atomic E-state index is 13.0. The molecule has 2 heterocycles. The van der Waals surface area contributed by atoms with Crippen LogP contribution in [-0.2, 0) is 0 Å². The van der Waals surface area contributed by atoms with Crippen LogP contribution < -0.4 is 14.8 Å². The molecular formula is C28H30N4O3. The largest absolute Gasteiger partial charge is 0.496 e. The minimum atomic E-state index is -0.232. The highest BCUT2D eigenvalue weighted by molar-refractivity contribution is 6.08. The normalized spacial score (nSPS) is 15.4. The Morgan fingerprint density at radius 2 is 1.71 bits per heavy atom. The predicted octanol–water partition coefficient (Wildman–Crippen LogP) is 5.16. The molecule has 0 unspecified atom stereocenters. The molecular weight excluding hydrogens is 440 g/mol. The lowest BCUT2D eigenvalue weighted by Crippen LogP contribution is -2.50. The highest BCUT2D eigenvalue weighted by Crippen LogP contribution is 2.39. The molecule has 0 spiro atoms. The quantitative estimate of drug-likeness (QED) is 0.571. The average Bonchev–Trinajstić information content (AvgIpc) is 3.05. The summed E-state index contributed by atoms with van der Waals surface area (Å²) in [6, 6.07) is 21.2. The van der Waals surface area contributed by atoms with Gasteiger partial charge in [-0.25, -0.2) is 4.99 Å². The van der Waals surface area contributed by atoms with E-state index in [9.17, 15) is 4.79 Å². The Kier molecular flexibility index (Phi) is 6.42. The van der Waals surface area contributed by atoms with Gasteiger partial charge in [0.15, 0.2) is 5.75 Å². The van der Waals surface area contributed by atoms with Crippen molar-refractivity contribution < 1.29 is 14.3 Å². The van der Waals surface area contributed by atoms with Gasteiger partial charge in [-0.2, -0.15) is 0 Å². The Bertz CT molecular complexity index is 1260. The van der Waals surface area contributed by atoms with Crippen LogP contribution in [0.25, 0.3) is 0 Å². The van der Waals surface area contributed by atoms with E-state index >= 15 is 0 Å². The van der Waals surface area contributed by atoms with E-state index < -0.39 is 0 Å². The smallest absolute Gasteiger partial charge is 0.259 e. The van der Waals surface area contributed by atoms with E-state index in [1.807, 2.05) is 54.6 Å². The summed E-state index contributed by atoms with van der Waals surface area (Å²) in [6.07, 6.45) is 0. The summed E-state index contributed by atoms with van der Waals surface area (Å²) < 4.78 is 11.6. The zero-order valence-corrected chi connectivity index (χ0v) is 20.3. The van der Waals surface area contributed by atoms with Gasteiger partial charge in [-0.3, -0.25) is 9.69 Å². The number of nitrogens with zero attached hydrogens (tertiary/aromatic N) is 3. The maximum Gasteiger partial charge on any atom is 0.259 e. The zero-order valence-electron chi connectivity index (χ0n) is 20.3. The fraction of sp³-hybridized carbons (Fsp3) is 0.286. The van der Waals surface area contributed by atoms with Gasteiger partial charge >= 0.3 is 0 Å². The first-order chi connectivity index (χ1) is 17.0. The van der Waals surface area contributed by atoms with Crippen LogP contribution in [0.5, 0.6) is 17.2 Å². The molecule has 1 N–H and O–H groups in total. The first-order valence-corrected chi connectivity index (χ1v) is 12.0. The van der Waals surface area contributed by atoms with Crippen LogP contribution in [0.3, 0.4) is 0 Å². The SMILES string of the molecule is COc1ccccc1C(=O)Nc1ccc2c(c1)C(N1CCN(C(C)C)CC1)=Nc1ccccc1O2. The van der Waals surface area contributed by atoms with Crippen LogP contribution in [0.15, 0.2) is 71.7 Å². The molecule has 0 aliphatic carbocycles. The van der Waals surface area contributed by atoms with Crippen LogP contribution in [0.4, 0.5) is 11.4 Å². The predicted molar refractivity (Wildman–Crippen MR) is 138 cm³/mol. The molecule has 0 aromatic heterocycles. The second-order valence-electron chi connectivity index (χ2n) is 8.99. The van der Waals surface area contributed by atoms with Crippen LogP contribution in [0.1, 0.15) is 29.8 Å². The van der Waals surface area contributed by atoms with E-state index in [1.54, 1.807) is 19.2 Å². The van der Waals surface area contributed by atoms with Gasteiger partial charge in [-0.15, -0.1) is 0 Å². The minimum Gasteiger partial charge on any atom is -0.496 e. The Hall–Kier alpha value is -3.84. The van der Waals surface area contributed by atoms with Crippen molar-refractivity contribution >= 4 is 23.1 Å². The molecule has 0 saturated carbocycles. The van der Waals surface area contributed by atoms with Crippen molar-refractivity contribution in [1.29, 1.82) is 0 Å². The van der Waals surface area contributed by atoms with Crippen molar-refractivity contribution in [3.05, 3.63) is 77.9 Å². The van der Waals surface area contributed by atoms with Gasteiger partial charge in [0.2, 0.25) is 0 Å². The third-order valence-corrected chi connectivity index (χ3v) is 6.49. The lowest BCUT2D eigenvalue weighted by Gasteiger charge is -2.38. The number of ether oxygens (including phenoxy) is 2. The molecule has 7 heteroatoms. The number of carbonyl (C=O) groups is 1. The molecule has 35 heavy (non-hydrogen) atoms. The summed E-state index contributed by atoms with van der Waals surface area (Å²) in [5.74, 6) is 2.60. The third kappa shape index (κ3) is 4.72. The van der Waals surface area contributed by atoms with Gasteiger partial charge in [-0.1, -0.05) is 24.3 Å². The fourth-order valence-corrected chi connectivity index (χ4v) is 4.52. The number of fused-ring (bicyclic) bond motifs is 2. The molecule has 0 atom stereocenters. The topological polar surface area (TPSA) is 66.4 Å². The molecule has 1 saturated heterocycles. The number of hydrogen-bond acceptors (Lipinski definition) is 6. The zero-order chi connectivity index (χ0) is 24.4. The average molecular weight is 471 g/mol. The van der Waals surface area contributed by atoms with Crippen molar-refractivity contribution in [2.75, 3.05) is 38.6 Å². The maximum absolute atomic E-state index is 13.0. The summed E-state index contributed by atoms with van der Waals surface area (Å²) in [5, 5.41) is 3.01. The number of piperazine rings is 1. The first-order valence-electron chi connectivity index (χ1n) is 12.0. The molecule has 1 amide bonds. The molecule has 0 radical (unpaired) electrons. The Morgan fingerprint density at radius 1 is 0.971 bits per heavy atom. The molecule has 7 nitrogen and oxygen atoms in total. The van der Waals surface area contributed by atoms with Crippen LogP contribution >= 0.6 is 0 Å². The van der Waals surface area contributed by atoms with E-state index in [1.165, 1.54) is 0 Å². The Morgan fingerprint density at radius 3 is 2.49 bits per heavy atom. The van der Waals surface area contributed by atoms with Gasteiger partial charge < -0.3 is 19.7 Å². The third-order valence-electron chi connectivity index (χ3n) is 6.49. The van der Waals surface area contributed by atoms with E-state index in [4.69, 9.17) is 14.5 Å². The number of methoxy groups -OCH3 is 1. The van der Waals surface area contributed by atoms with Gasteiger partial charge in [0.25, 0.3) is 5.91 Å². The van der Waals surface area contributed by atoms with Gasteiger partial charge in [-0.05, 0) is 56.3 Å². The standard InChI is InChI=1S/C28H30N4O3/c1-19(2)31-14-16-32(17-15-31)27-22-18-20(29-28(33)21-8-4-6-10-24(21)34-3)12-13-25(22)35-26-11-7-5-9-23(26)30-27/h4-13,18-19H,14-17H2,1-3H3,(H,29,33). The number of hydrogen-bond donors (Lipinski definition) is 1. The van der Waals surface area contributed by atoms with E-state index in [2.05, 4.69) is 29.0 Å². The van der Waals surface area contributed by atoms with Crippen molar-refractivity contribution in [3.63, 3.8) is 0 Å². The molecule has 5 rings (SSSR count). The highest BCUT2D eigenvalue weighted by Gasteiger charge is 2.27. The van der Waals surface area contributed by atoms with Crippen molar-refractivity contribution in [2.24, 2.45) is 4.99 Å². The molecule has 2 aliphatic heterocycles. The second-order valence-corrected chi connectivity index (χ2v) is 8.99. The van der Waals surface area contributed by atoms with Crippen LogP contribution in [0, 0.1) is 0 Å². The molecule has 2 aliphatic rings. The van der Waals surface area contributed by atoms with E-state index in [0.717, 1.165) is 54.8 Å². The summed E-state index contributed by atoms with van der Waals surface area (Å²) >= 11 is 0. The van der Waals surface area contributed by atoms with Gasteiger partial charge in [0.05, 0.1) is 18.2 Å². The van der Waals surface area contributed by atoms with Crippen molar-refractivity contribution in [1.82, 2.24) is 9.80 Å². The molecule has 1 fully saturated rings. The van der Waals surface area contributed by atoms with Gasteiger partial charge in [0, 0.05) is 37.9 Å². The Labute approximate surface area is 206 Å². The molecule has 3 aromatic rings. The molecule has 3 aromatic carbocycles. The number of amidine groups is 1. The fourth-order valence-electron chi connectivity index (χ4n) is 4.52. The number of carbonyl (C=O) groups excluding carboxylic acids is 1. The van der Waals surface area contributed by atoms with E-state index in [-0.39, 0.29) is 5.91 Å². The van der Waals surface area contributed by atoms with Crippen molar-refractivity contribution in [3.8, 4) is 17.2 Å². The highest BCUT2D eigenvalue weighted by atomic mass is 16.5. The Balaban J connectivity index is 1.49. The summed E-state index contributed by atoms with van der Waals surface area (Å²) in [4.78, 5) is 22.9. The lowest BCUT2D eigenvalue weighted by molar-refractivity contribution is 0.102. The molecule has 180 valence electrons. The van der Waals surface area contributed by atoms with Gasteiger partial charge in [0.1, 0.15) is 23.0 Å². The molecule has 0 bridgehead atoms. The number of amides is 1. The van der Waals surface area contributed by atoms with Crippen LogP contribution in [0.2, 0.25) is 0 Å². The van der Waals surface area contributed by atoms with Crippen molar-refractivity contribution in [2.45, 2.75) is 19.9 Å². The minimum absolute atomic E-state index is 0.232. The number of nitrogens with one attached hydrogen (secondary N) is 1. The summed E-state index contributed by atoms with van der Waals surface area (Å²) in [5.41, 5.74) is 2.80. The second kappa shape index (κ2) is 9.80. The number of anilines is 1. The monoisotopic (exact) mass is 470 g/mol. The number of rotatable bonds is 4. The summed E-state index contributed by atoms with van der Waals surface area (Å²) in [7, 11) is 1.56. The number of benzene rings is 3. The number of para-hydroxylation sites is 3. The number of aliphatic imine (C=N–C) groups is 1.